The van der Waals surface area contributed by atoms with Gasteiger partial charge in [-0.3, -0.25) is 0 Å². The molecule has 1 aliphatic rings. The summed E-state index contributed by atoms with van der Waals surface area (Å²) in [6, 6.07) is 3.72. The van der Waals surface area contributed by atoms with Gasteiger partial charge in [0.25, 0.3) is 0 Å². The topological polar surface area (TPSA) is 69.4 Å². The van der Waals surface area contributed by atoms with E-state index in [1.807, 2.05) is 17.9 Å². The van der Waals surface area contributed by atoms with E-state index in [0.717, 1.165) is 0 Å². The average molecular weight is 268 g/mol. The van der Waals surface area contributed by atoms with Gasteiger partial charge >= 0.3 is 0 Å². The van der Waals surface area contributed by atoms with Crippen molar-refractivity contribution in [1.29, 1.82) is 5.26 Å². The van der Waals surface area contributed by atoms with Gasteiger partial charge in [0.2, 0.25) is 0 Å². The minimum atomic E-state index is -0.246. The number of hydrogen-bond acceptors (Lipinski definition) is 5. The van der Waals surface area contributed by atoms with Crippen LogP contribution in [0.1, 0.15) is 12.5 Å². The number of aliphatic hydroxyl groups is 1. The quantitative estimate of drug-likeness (QED) is 0.872. The lowest BCUT2D eigenvalue weighted by Gasteiger charge is -2.38. The minimum Gasteiger partial charge on any atom is -0.394 e. The number of halogens is 1. The molecule has 2 unspecified atom stereocenters. The van der Waals surface area contributed by atoms with Crippen LogP contribution in [0, 0.1) is 11.3 Å². The van der Waals surface area contributed by atoms with Crippen LogP contribution in [0.5, 0.6) is 0 Å². The maximum absolute atomic E-state index is 9.15. The molecule has 1 aliphatic heterocycles. The summed E-state index contributed by atoms with van der Waals surface area (Å²) in [7, 11) is 0. The monoisotopic (exact) mass is 267 g/mol. The molecular formula is C12H14ClN3O2. The average Bonchev–Trinajstić information content (AvgIpc) is 2.40. The Morgan fingerprint density at radius 3 is 3.17 bits per heavy atom. The Morgan fingerprint density at radius 1 is 1.72 bits per heavy atom. The first-order valence-electron chi connectivity index (χ1n) is 5.71. The lowest BCUT2D eigenvalue weighted by Crippen LogP contribution is -2.50. The molecule has 1 fully saturated rings. The lowest BCUT2D eigenvalue weighted by molar-refractivity contribution is -0.0105. The maximum Gasteiger partial charge on any atom is 0.149 e. The van der Waals surface area contributed by atoms with Crippen LogP contribution >= 0.6 is 11.6 Å². The van der Waals surface area contributed by atoms with Crippen LogP contribution in [0.4, 0.5) is 5.82 Å². The molecule has 0 radical (unpaired) electrons. The molecule has 5 nitrogen and oxygen atoms in total. The molecular weight excluding hydrogens is 254 g/mol. The van der Waals surface area contributed by atoms with Gasteiger partial charge in [0, 0.05) is 12.7 Å². The van der Waals surface area contributed by atoms with E-state index in [2.05, 4.69) is 4.98 Å². The van der Waals surface area contributed by atoms with Gasteiger partial charge in [-0.05, 0) is 13.0 Å². The lowest BCUT2D eigenvalue weighted by atomic mass is 10.2. The molecule has 1 saturated heterocycles. The van der Waals surface area contributed by atoms with Gasteiger partial charge in [-0.25, -0.2) is 4.98 Å². The number of nitriles is 1. The predicted molar refractivity (Wildman–Crippen MR) is 67.6 cm³/mol. The van der Waals surface area contributed by atoms with E-state index < -0.39 is 0 Å². The summed E-state index contributed by atoms with van der Waals surface area (Å²) in [5.74, 6) is 0.574. The Kier molecular flexibility index (Phi) is 4.02. The Hall–Kier alpha value is -1.35. The van der Waals surface area contributed by atoms with E-state index >= 15 is 0 Å². The van der Waals surface area contributed by atoms with Crippen molar-refractivity contribution in [2.45, 2.75) is 19.1 Å². The van der Waals surface area contributed by atoms with Crippen LogP contribution < -0.4 is 4.90 Å². The van der Waals surface area contributed by atoms with Crippen LogP contribution in [0.2, 0.25) is 5.02 Å². The Balaban J connectivity index is 2.32. The van der Waals surface area contributed by atoms with Crippen molar-refractivity contribution < 1.29 is 9.84 Å². The zero-order chi connectivity index (χ0) is 13.1. The normalized spacial score (nSPS) is 23.8. The fraction of sp³-hybridized carbons (Fsp3) is 0.500. The number of ether oxygens (including phenoxy) is 1. The highest BCUT2D eigenvalue weighted by Crippen LogP contribution is 2.29. The van der Waals surface area contributed by atoms with Gasteiger partial charge in [0.1, 0.15) is 16.9 Å². The second kappa shape index (κ2) is 5.53. The first kappa shape index (κ1) is 13.1. The molecule has 2 atom stereocenters. The molecule has 18 heavy (non-hydrogen) atoms. The predicted octanol–water partition coefficient (Wildman–Crippen LogP) is 1.19. The largest absolute Gasteiger partial charge is 0.394 e. The summed E-state index contributed by atoms with van der Waals surface area (Å²) < 4.78 is 5.46. The van der Waals surface area contributed by atoms with Crippen LogP contribution in [0.15, 0.2) is 12.3 Å². The number of anilines is 1. The van der Waals surface area contributed by atoms with E-state index in [9.17, 15) is 0 Å². The van der Waals surface area contributed by atoms with Gasteiger partial charge in [-0.1, -0.05) is 11.6 Å². The molecule has 0 aromatic carbocycles. The zero-order valence-corrected chi connectivity index (χ0v) is 10.8. The van der Waals surface area contributed by atoms with Crippen molar-refractivity contribution in [3.05, 3.63) is 22.8 Å². The number of pyridine rings is 1. The van der Waals surface area contributed by atoms with Crippen LogP contribution in [0.25, 0.3) is 0 Å². The zero-order valence-electron chi connectivity index (χ0n) is 10.0. The van der Waals surface area contributed by atoms with Crippen molar-refractivity contribution in [3.63, 3.8) is 0 Å². The summed E-state index contributed by atoms with van der Waals surface area (Å²) >= 11 is 6.17. The number of nitrogens with zero attached hydrogens (tertiary/aromatic N) is 3. The van der Waals surface area contributed by atoms with Crippen LogP contribution in [-0.2, 0) is 4.74 Å². The number of hydrogen-bond donors (Lipinski definition) is 1. The number of aliphatic hydroxyl groups excluding tert-OH is 1. The van der Waals surface area contributed by atoms with Gasteiger partial charge in [-0.2, -0.15) is 5.26 Å². The van der Waals surface area contributed by atoms with Crippen molar-refractivity contribution in [2.75, 3.05) is 24.7 Å². The summed E-state index contributed by atoms with van der Waals surface area (Å²) in [5, 5.41) is 18.5. The van der Waals surface area contributed by atoms with E-state index in [1.165, 1.54) is 0 Å². The Morgan fingerprint density at radius 2 is 2.50 bits per heavy atom. The molecule has 0 spiro atoms. The van der Waals surface area contributed by atoms with Crippen molar-refractivity contribution in [1.82, 2.24) is 4.98 Å². The van der Waals surface area contributed by atoms with Crippen molar-refractivity contribution >= 4 is 17.4 Å². The third-order valence-electron chi connectivity index (χ3n) is 2.97. The summed E-state index contributed by atoms with van der Waals surface area (Å²) in [6.07, 6.45) is 1.32. The number of rotatable bonds is 2. The van der Waals surface area contributed by atoms with Crippen molar-refractivity contribution in [2.24, 2.45) is 0 Å². The number of morpholine rings is 1. The van der Waals surface area contributed by atoms with Gasteiger partial charge in [0.05, 0.1) is 30.9 Å². The second-order valence-corrected chi connectivity index (χ2v) is 4.63. The van der Waals surface area contributed by atoms with Gasteiger partial charge in [0.15, 0.2) is 0 Å². The molecule has 1 aromatic rings. The maximum atomic E-state index is 9.15. The van der Waals surface area contributed by atoms with Gasteiger partial charge < -0.3 is 14.7 Å². The molecule has 6 heteroatoms. The van der Waals surface area contributed by atoms with Crippen LogP contribution in [0.3, 0.4) is 0 Å². The van der Waals surface area contributed by atoms with Crippen LogP contribution in [-0.4, -0.2) is 42.0 Å². The molecule has 0 aliphatic carbocycles. The molecule has 96 valence electrons. The molecule has 0 bridgehead atoms. The van der Waals surface area contributed by atoms with E-state index in [0.29, 0.717) is 29.6 Å². The summed E-state index contributed by atoms with van der Waals surface area (Å²) in [5.41, 5.74) is 0.404. The SMILES string of the molecule is CC1COC(CO)CN1c1nccc(C#N)c1Cl. The fourth-order valence-corrected chi connectivity index (χ4v) is 2.20. The molecule has 0 saturated carbocycles. The van der Waals surface area contributed by atoms with E-state index in [4.69, 9.17) is 26.7 Å². The number of aromatic nitrogens is 1. The fourth-order valence-electron chi connectivity index (χ4n) is 1.94. The minimum absolute atomic E-state index is 0.0429. The molecule has 1 N–H and O–H groups in total. The molecule has 1 aromatic heterocycles. The first-order chi connectivity index (χ1) is 8.67. The molecule has 2 rings (SSSR count). The highest BCUT2D eigenvalue weighted by atomic mass is 35.5. The highest BCUT2D eigenvalue weighted by Gasteiger charge is 2.28. The third-order valence-corrected chi connectivity index (χ3v) is 3.35. The Bertz CT molecular complexity index is 475. The molecule has 2 heterocycles. The highest BCUT2D eigenvalue weighted by molar-refractivity contribution is 6.34. The smallest absolute Gasteiger partial charge is 0.149 e. The van der Waals surface area contributed by atoms with Crippen molar-refractivity contribution in [3.8, 4) is 6.07 Å². The summed E-state index contributed by atoms with van der Waals surface area (Å²) in [4.78, 5) is 6.20. The molecule has 0 amide bonds. The second-order valence-electron chi connectivity index (χ2n) is 4.25. The third kappa shape index (κ3) is 2.41. The Labute approximate surface area is 111 Å². The van der Waals surface area contributed by atoms with Gasteiger partial charge in [-0.15, -0.1) is 0 Å². The summed E-state index contributed by atoms with van der Waals surface area (Å²) in [6.45, 7) is 2.96. The standard InChI is InChI=1S/C12H14ClN3O2/c1-8-7-18-10(6-17)5-16(8)12-11(13)9(4-14)2-3-15-12/h2-3,8,10,17H,5-7H2,1H3. The van der Waals surface area contributed by atoms with E-state index in [1.54, 1.807) is 12.3 Å². The van der Waals surface area contributed by atoms with E-state index in [-0.39, 0.29) is 18.8 Å². The first-order valence-corrected chi connectivity index (χ1v) is 6.09.